The van der Waals surface area contributed by atoms with Gasteiger partial charge in [-0.3, -0.25) is 0 Å². The zero-order valence-electron chi connectivity index (χ0n) is 15.2. The van der Waals surface area contributed by atoms with Crippen molar-refractivity contribution in [1.82, 2.24) is 4.90 Å². The molecule has 0 amide bonds. The van der Waals surface area contributed by atoms with E-state index in [1.807, 2.05) is 0 Å². The summed E-state index contributed by atoms with van der Waals surface area (Å²) in [5, 5.41) is 4.33. The highest BCUT2D eigenvalue weighted by Crippen LogP contribution is 2.15. The molecule has 23 heavy (non-hydrogen) atoms. The van der Waals surface area contributed by atoms with Gasteiger partial charge in [0.2, 0.25) is 0 Å². The first-order valence-corrected chi connectivity index (χ1v) is 9.71. The van der Waals surface area contributed by atoms with Crippen LogP contribution in [0.2, 0.25) is 0 Å². The van der Waals surface area contributed by atoms with Crippen LogP contribution in [0.25, 0.3) is 0 Å². The molecule has 0 aliphatic rings. The van der Waals surface area contributed by atoms with Gasteiger partial charge in [0.25, 0.3) is 0 Å². The van der Waals surface area contributed by atoms with Crippen LogP contribution in [0.5, 0.6) is 0 Å². The summed E-state index contributed by atoms with van der Waals surface area (Å²) in [7, 11) is 0. The predicted octanol–water partition coefficient (Wildman–Crippen LogP) is 6.15. The highest BCUT2D eigenvalue weighted by atomic mass is 32.1. The van der Waals surface area contributed by atoms with Crippen molar-refractivity contribution < 1.29 is 0 Å². The third-order valence-corrected chi connectivity index (χ3v) is 4.60. The predicted molar refractivity (Wildman–Crippen MR) is 107 cm³/mol. The van der Waals surface area contributed by atoms with Gasteiger partial charge in [0.1, 0.15) is 0 Å². The molecule has 0 aliphatic heterocycles. The molecule has 0 aliphatic carbocycles. The van der Waals surface area contributed by atoms with E-state index < -0.39 is 0 Å². The molecule has 0 heterocycles. The maximum Gasteiger partial charge on any atom is 0.173 e. The van der Waals surface area contributed by atoms with Crippen LogP contribution in [-0.2, 0) is 0 Å². The molecule has 1 N–H and O–H groups in total. The van der Waals surface area contributed by atoms with Crippen LogP contribution in [0.3, 0.4) is 0 Å². The molecule has 3 heteroatoms. The van der Waals surface area contributed by atoms with Gasteiger partial charge in [-0.15, -0.1) is 0 Å². The van der Waals surface area contributed by atoms with Gasteiger partial charge in [0, 0.05) is 18.8 Å². The molecule has 0 aromatic heterocycles. The van der Waals surface area contributed by atoms with Crippen molar-refractivity contribution in [3.05, 3.63) is 29.8 Å². The third-order valence-electron chi connectivity index (χ3n) is 4.24. The van der Waals surface area contributed by atoms with E-state index in [2.05, 4.69) is 55.3 Å². The van der Waals surface area contributed by atoms with Crippen molar-refractivity contribution in [2.45, 2.75) is 72.1 Å². The van der Waals surface area contributed by atoms with E-state index in [1.54, 1.807) is 0 Å². The lowest BCUT2D eigenvalue weighted by atomic mass is 10.1. The fourth-order valence-electron chi connectivity index (χ4n) is 2.68. The Hall–Kier alpha value is -1.09. The van der Waals surface area contributed by atoms with Gasteiger partial charge < -0.3 is 10.2 Å². The highest BCUT2D eigenvalue weighted by Gasteiger charge is 2.10. The van der Waals surface area contributed by atoms with E-state index >= 15 is 0 Å². The Morgan fingerprint density at radius 3 is 2.00 bits per heavy atom. The number of anilines is 1. The van der Waals surface area contributed by atoms with Crippen molar-refractivity contribution in [2.24, 2.45) is 0 Å². The molecule has 1 rings (SSSR count). The topological polar surface area (TPSA) is 15.3 Å². The zero-order valence-corrected chi connectivity index (χ0v) is 16.1. The molecule has 1 aromatic carbocycles. The molecular formula is C20H34N2S. The van der Waals surface area contributed by atoms with Gasteiger partial charge >= 0.3 is 0 Å². The Kier molecular flexibility index (Phi) is 10.7. The van der Waals surface area contributed by atoms with Crippen LogP contribution in [0.1, 0.15) is 70.8 Å². The van der Waals surface area contributed by atoms with Crippen molar-refractivity contribution in [1.29, 1.82) is 0 Å². The lowest BCUT2D eigenvalue weighted by molar-refractivity contribution is 0.391. The fraction of sp³-hybridized carbons (Fsp3) is 0.650. The summed E-state index contributed by atoms with van der Waals surface area (Å²) in [6.45, 7) is 8.78. The number of unbranched alkanes of at least 4 members (excludes halogenated alkanes) is 6. The molecule has 1 aromatic rings. The smallest absolute Gasteiger partial charge is 0.173 e. The largest absolute Gasteiger partial charge is 0.349 e. The molecule has 0 unspecified atom stereocenters. The van der Waals surface area contributed by atoms with E-state index in [1.165, 1.54) is 56.9 Å². The third kappa shape index (κ3) is 8.36. The van der Waals surface area contributed by atoms with Crippen molar-refractivity contribution >= 4 is 23.0 Å². The van der Waals surface area contributed by atoms with Gasteiger partial charge in [0.15, 0.2) is 5.11 Å². The summed E-state index contributed by atoms with van der Waals surface area (Å²) >= 11 is 5.69. The van der Waals surface area contributed by atoms with E-state index in [0.29, 0.717) is 0 Å². The van der Waals surface area contributed by atoms with Crippen LogP contribution in [0.4, 0.5) is 5.69 Å². The molecule has 130 valence electrons. The number of hydrogen-bond donors (Lipinski definition) is 1. The van der Waals surface area contributed by atoms with E-state index in [4.69, 9.17) is 12.2 Å². The normalized spacial score (nSPS) is 10.6. The number of benzene rings is 1. The van der Waals surface area contributed by atoms with E-state index in [0.717, 1.165) is 23.9 Å². The van der Waals surface area contributed by atoms with Gasteiger partial charge in [-0.25, -0.2) is 0 Å². The molecule has 2 nitrogen and oxygen atoms in total. The molecule has 0 saturated heterocycles. The number of aryl methyl sites for hydroxylation is 1. The first-order chi connectivity index (χ1) is 11.2. The average molecular weight is 335 g/mol. The summed E-state index contributed by atoms with van der Waals surface area (Å²) in [6.07, 6.45) is 10.3. The highest BCUT2D eigenvalue weighted by molar-refractivity contribution is 7.80. The fourth-order valence-corrected chi connectivity index (χ4v) is 2.97. The Labute approximate surface area is 148 Å². The molecular weight excluding hydrogens is 300 g/mol. The summed E-state index contributed by atoms with van der Waals surface area (Å²) in [5.74, 6) is 0. The monoisotopic (exact) mass is 334 g/mol. The minimum Gasteiger partial charge on any atom is -0.349 e. The van der Waals surface area contributed by atoms with Crippen LogP contribution < -0.4 is 5.32 Å². The summed E-state index contributed by atoms with van der Waals surface area (Å²) in [5.41, 5.74) is 2.37. The van der Waals surface area contributed by atoms with Crippen molar-refractivity contribution in [3.8, 4) is 0 Å². The summed E-state index contributed by atoms with van der Waals surface area (Å²) in [6, 6.07) is 8.35. The first kappa shape index (κ1) is 20.0. The second kappa shape index (κ2) is 12.3. The molecule has 0 fully saturated rings. The molecule has 0 saturated carbocycles. The first-order valence-electron chi connectivity index (χ1n) is 9.30. The van der Waals surface area contributed by atoms with Crippen molar-refractivity contribution in [2.75, 3.05) is 18.4 Å². The van der Waals surface area contributed by atoms with Crippen LogP contribution in [0.15, 0.2) is 24.3 Å². The van der Waals surface area contributed by atoms with Gasteiger partial charge in [-0.1, -0.05) is 70.6 Å². The SMILES string of the molecule is CCCCCCN(CCCCCC)C(=S)Nc1ccccc1C. The number of rotatable bonds is 11. The standard InChI is InChI=1S/C20H34N2S/c1-4-6-8-12-16-22(17-13-9-7-5-2)20(23)21-19-15-11-10-14-18(19)3/h10-11,14-15H,4-9,12-13,16-17H2,1-3H3,(H,21,23). The number of hydrogen-bond acceptors (Lipinski definition) is 1. The minimum atomic E-state index is 0.882. The van der Waals surface area contributed by atoms with Gasteiger partial charge in [-0.2, -0.15) is 0 Å². The Balaban J connectivity index is 2.53. The number of nitrogens with one attached hydrogen (secondary N) is 1. The van der Waals surface area contributed by atoms with Crippen LogP contribution >= 0.6 is 12.2 Å². The van der Waals surface area contributed by atoms with Crippen LogP contribution in [0, 0.1) is 6.92 Å². The minimum absolute atomic E-state index is 0.882. The molecule has 0 bridgehead atoms. The van der Waals surface area contributed by atoms with Gasteiger partial charge in [0.05, 0.1) is 0 Å². The molecule has 0 spiro atoms. The quantitative estimate of drug-likeness (QED) is 0.386. The number of thiocarbonyl (C=S) groups is 1. The Morgan fingerprint density at radius 2 is 1.48 bits per heavy atom. The molecule has 0 radical (unpaired) electrons. The number of nitrogens with zero attached hydrogens (tertiary/aromatic N) is 1. The lowest BCUT2D eigenvalue weighted by Gasteiger charge is -2.26. The van der Waals surface area contributed by atoms with Crippen molar-refractivity contribution in [3.63, 3.8) is 0 Å². The lowest BCUT2D eigenvalue weighted by Crippen LogP contribution is -2.36. The zero-order chi connectivity index (χ0) is 16.9. The molecule has 0 atom stereocenters. The maximum atomic E-state index is 5.69. The van der Waals surface area contributed by atoms with E-state index in [9.17, 15) is 0 Å². The van der Waals surface area contributed by atoms with E-state index in [-0.39, 0.29) is 0 Å². The summed E-state index contributed by atoms with van der Waals surface area (Å²) < 4.78 is 0. The summed E-state index contributed by atoms with van der Waals surface area (Å²) in [4.78, 5) is 2.37. The Morgan fingerprint density at radius 1 is 0.913 bits per heavy atom. The average Bonchev–Trinajstić information content (AvgIpc) is 2.55. The number of para-hydroxylation sites is 1. The Bertz CT molecular complexity index is 433. The van der Waals surface area contributed by atoms with Gasteiger partial charge in [-0.05, 0) is 43.6 Å². The second-order valence-corrected chi connectivity index (χ2v) is 6.74. The van der Waals surface area contributed by atoms with Crippen LogP contribution in [-0.4, -0.2) is 23.1 Å². The maximum absolute atomic E-state index is 5.69. The second-order valence-electron chi connectivity index (χ2n) is 6.35.